The van der Waals surface area contributed by atoms with E-state index in [-0.39, 0.29) is 11.5 Å². The van der Waals surface area contributed by atoms with Gasteiger partial charge in [0.1, 0.15) is 23.8 Å². The molecule has 0 atom stereocenters. The fourth-order valence-electron chi connectivity index (χ4n) is 2.01. The van der Waals surface area contributed by atoms with E-state index in [0.29, 0.717) is 18.0 Å². The van der Waals surface area contributed by atoms with Crippen molar-refractivity contribution >= 4 is 11.3 Å². The second-order valence-corrected chi connectivity index (χ2v) is 4.79. The van der Waals surface area contributed by atoms with Gasteiger partial charge in [0.2, 0.25) is 0 Å². The van der Waals surface area contributed by atoms with Crippen molar-refractivity contribution in [3.8, 4) is 11.5 Å². The second kappa shape index (κ2) is 6.13. The third kappa shape index (κ3) is 3.32. The summed E-state index contributed by atoms with van der Waals surface area (Å²) >= 11 is 0. The summed E-state index contributed by atoms with van der Waals surface area (Å²) in [6, 6.07) is 13.4. The van der Waals surface area contributed by atoms with Gasteiger partial charge in [-0.2, -0.15) is 10.2 Å². The highest BCUT2D eigenvalue weighted by molar-refractivity contribution is 5.74. The van der Waals surface area contributed by atoms with Crippen LogP contribution in [0.3, 0.4) is 0 Å². The van der Waals surface area contributed by atoms with Crippen molar-refractivity contribution in [3.63, 3.8) is 0 Å². The number of nitrogens with zero attached hydrogens (tertiary/aromatic N) is 2. The Morgan fingerprint density at radius 1 is 0.909 bits per heavy atom. The van der Waals surface area contributed by atoms with Crippen molar-refractivity contribution in [2.75, 3.05) is 6.61 Å². The van der Waals surface area contributed by atoms with Gasteiger partial charge in [0.05, 0.1) is 11.9 Å². The van der Waals surface area contributed by atoms with Crippen LogP contribution in [0.25, 0.3) is 5.57 Å². The molecule has 1 aliphatic rings. The van der Waals surface area contributed by atoms with Gasteiger partial charge < -0.3 is 14.9 Å². The lowest BCUT2D eigenvalue weighted by atomic mass is 10.1. The van der Waals surface area contributed by atoms with Crippen LogP contribution in [-0.2, 0) is 4.74 Å². The van der Waals surface area contributed by atoms with Crippen LogP contribution in [0.15, 0.2) is 76.8 Å². The molecule has 0 amide bonds. The summed E-state index contributed by atoms with van der Waals surface area (Å²) in [6.07, 6.45) is 3.53. The fraction of sp³-hybridized carbons (Fsp3) is 0.0588. The van der Waals surface area contributed by atoms with E-state index in [1.165, 1.54) is 6.07 Å². The molecule has 0 radical (unpaired) electrons. The first kappa shape index (κ1) is 13.9. The molecule has 1 heterocycles. The summed E-state index contributed by atoms with van der Waals surface area (Å²) in [6.45, 7) is 0.337. The Bertz CT molecular complexity index is 762. The molecule has 5 heteroatoms. The number of hydrogen-bond donors (Lipinski definition) is 2. The normalized spacial score (nSPS) is 14.4. The lowest BCUT2D eigenvalue weighted by molar-refractivity contribution is 0.276. The van der Waals surface area contributed by atoms with Crippen LogP contribution in [0.4, 0.5) is 5.69 Å². The Morgan fingerprint density at radius 3 is 2.50 bits per heavy atom. The van der Waals surface area contributed by atoms with Gasteiger partial charge >= 0.3 is 0 Å². The Labute approximate surface area is 127 Å². The van der Waals surface area contributed by atoms with Crippen molar-refractivity contribution in [3.05, 3.63) is 72.1 Å². The summed E-state index contributed by atoms with van der Waals surface area (Å²) < 4.78 is 5.40. The highest BCUT2D eigenvalue weighted by Crippen LogP contribution is 2.25. The predicted molar refractivity (Wildman–Crippen MR) is 82.7 cm³/mol. The molecule has 22 heavy (non-hydrogen) atoms. The molecular weight excluding hydrogens is 280 g/mol. The Morgan fingerprint density at radius 2 is 1.73 bits per heavy atom. The molecule has 3 rings (SSSR count). The van der Waals surface area contributed by atoms with Crippen LogP contribution in [0.2, 0.25) is 0 Å². The van der Waals surface area contributed by atoms with E-state index in [4.69, 9.17) is 4.74 Å². The average molecular weight is 294 g/mol. The topological polar surface area (TPSA) is 74.4 Å². The number of hydrogen-bond acceptors (Lipinski definition) is 5. The van der Waals surface area contributed by atoms with E-state index >= 15 is 0 Å². The molecule has 110 valence electrons. The smallest absolute Gasteiger partial charge is 0.131 e. The molecular formula is C17H14N2O3. The van der Waals surface area contributed by atoms with E-state index in [9.17, 15) is 10.2 Å². The molecule has 0 spiro atoms. The zero-order valence-electron chi connectivity index (χ0n) is 11.7. The number of allylic oxidation sites excluding steroid dienone is 2. The number of phenols is 2. The maximum Gasteiger partial charge on any atom is 0.131 e. The Kier molecular flexibility index (Phi) is 3.87. The van der Waals surface area contributed by atoms with Gasteiger partial charge in [-0.05, 0) is 35.9 Å². The van der Waals surface area contributed by atoms with Gasteiger partial charge in [-0.3, -0.25) is 0 Å². The monoisotopic (exact) mass is 294 g/mol. The molecule has 2 aromatic rings. The van der Waals surface area contributed by atoms with Gasteiger partial charge in [-0.15, -0.1) is 0 Å². The molecule has 2 aromatic carbocycles. The largest absolute Gasteiger partial charge is 0.508 e. The van der Waals surface area contributed by atoms with Gasteiger partial charge in [0.25, 0.3) is 0 Å². The molecule has 0 fully saturated rings. The minimum atomic E-state index is 0.148. The van der Waals surface area contributed by atoms with E-state index in [1.807, 2.05) is 6.08 Å². The molecule has 1 aliphatic heterocycles. The Hall–Kier alpha value is -3.08. The van der Waals surface area contributed by atoms with Crippen molar-refractivity contribution in [1.82, 2.24) is 0 Å². The van der Waals surface area contributed by atoms with Crippen molar-refractivity contribution < 1.29 is 14.9 Å². The number of phenolic OH excluding ortho intramolecular Hbond substituents is 2. The van der Waals surface area contributed by atoms with Crippen molar-refractivity contribution in [2.45, 2.75) is 0 Å². The highest BCUT2D eigenvalue weighted by Gasteiger charge is 2.08. The summed E-state index contributed by atoms with van der Waals surface area (Å²) in [5, 5.41) is 26.9. The third-order valence-corrected chi connectivity index (χ3v) is 3.09. The molecule has 0 bridgehead atoms. The van der Waals surface area contributed by atoms with Gasteiger partial charge in [-0.25, -0.2) is 0 Å². The van der Waals surface area contributed by atoms with E-state index in [0.717, 1.165) is 11.1 Å². The van der Waals surface area contributed by atoms with Crippen LogP contribution < -0.4 is 0 Å². The standard InChI is InChI=1S/C17H14N2O3/c20-16-6-4-12(5-7-16)13-8-15(11-22-10-13)19-18-14-2-1-3-17(21)9-14/h1-10,20-21H,11H2. The molecule has 2 N–H and O–H groups in total. The Balaban J connectivity index is 1.80. The quantitative estimate of drug-likeness (QED) is 0.835. The van der Waals surface area contributed by atoms with E-state index in [1.54, 1.807) is 48.7 Å². The summed E-state index contributed by atoms with van der Waals surface area (Å²) in [4.78, 5) is 0. The van der Waals surface area contributed by atoms with E-state index < -0.39 is 0 Å². The molecule has 5 nitrogen and oxygen atoms in total. The van der Waals surface area contributed by atoms with E-state index in [2.05, 4.69) is 10.2 Å². The first-order valence-corrected chi connectivity index (χ1v) is 6.73. The van der Waals surface area contributed by atoms with Crippen LogP contribution in [0, 0.1) is 0 Å². The van der Waals surface area contributed by atoms with Crippen molar-refractivity contribution in [1.29, 1.82) is 0 Å². The molecule has 0 saturated carbocycles. The SMILES string of the molecule is Oc1ccc(C2=COCC(N=Nc3cccc(O)c3)=C2)cc1. The number of azo groups is 1. The number of rotatable bonds is 3. The summed E-state index contributed by atoms with van der Waals surface area (Å²) in [5.74, 6) is 0.365. The molecule has 0 aromatic heterocycles. The average Bonchev–Trinajstić information content (AvgIpc) is 2.54. The first-order valence-electron chi connectivity index (χ1n) is 6.73. The maximum atomic E-state index is 9.39. The van der Waals surface area contributed by atoms with Crippen LogP contribution >= 0.6 is 0 Å². The van der Waals surface area contributed by atoms with Gasteiger partial charge in [0.15, 0.2) is 0 Å². The molecule has 0 aliphatic carbocycles. The zero-order valence-corrected chi connectivity index (χ0v) is 11.7. The minimum absolute atomic E-state index is 0.148. The lowest BCUT2D eigenvalue weighted by Crippen LogP contribution is -1.98. The van der Waals surface area contributed by atoms with Crippen molar-refractivity contribution in [2.24, 2.45) is 10.2 Å². The predicted octanol–water partition coefficient (Wildman–Crippen LogP) is 4.14. The second-order valence-electron chi connectivity index (χ2n) is 4.79. The maximum absolute atomic E-state index is 9.39. The number of benzene rings is 2. The van der Waals surface area contributed by atoms with Crippen LogP contribution in [0.5, 0.6) is 11.5 Å². The number of ether oxygens (including phenoxy) is 1. The highest BCUT2D eigenvalue weighted by atomic mass is 16.5. The lowest BCUT2D eigenvalue weighted by Gasteiger charge is -2.11. The van der Waals surface area contributed by atoms with Gasteiger partial charge in [0, 0.05) is 11.6 Å². The number of aromatic hydroxyl groups is 2. The van der Waals surface area contributed by atoms with Crippen LogP contribution in [-0.4, -0.2) is 16.8 Å². The van der Waals surface area contributed by atoms with Crippen LogP contribution in [0.1, 0.15) is 5.56 Å². The fourth-order valence-corrected chi connectivity index (χ4v) is 2.01. The first-order chi connectivity index (χ1) is 10.7. The summed E-state index contributed by atoms with van der Waals surface area (Å²) in [5.41, 5.74) is 3.02. The van der Waals surface area contributed by atoms with Gasteiger partial charge in [-0.1, -0.05) is 18.2 Å². The zero-order chi connectivity index (χ0) is 15.4. The summed E-state index contributed by atoms with van der Waals surface area (Å²) in [7, 11) is 0. The molecule has 0 saturated heterocycles. The molecule has 0 unspecified atom stereocenters. The third-order valence-electron chi connectivity index (χ3n) is 3.09. The minimum Gasteiger partial charge on any atom is -0.508 e.